The summed E-state index contributed by atoms with van der Waals surface area (Å²) in [5.41, 5.74) is -1.39. The number of halogens is 2. The third-order valence-electron chi connectivity index (χ3n) is 2.27. The molecule has 1 aromatic carbocycles. The molecule has 0 aliphatic heterocycles. The summed E-state index contributed by atoms with van der Waals surface area (Å²) >= 11 is 0. The number of hydrogen-bond donors (Lipinski definition) is 2. The molecule has 10 heteroatoms. The fraction of sp³-hybridized carbons (Fsp3) is 0.273. The molecule has 1 rings (SSSR count). The summed E-state index contributed by atoms with van der Waals surface area (Å²) in [6.07, 6.45) is 0. The number of carbonyl (C=O) groups excluding carboxylic acids is 1. The Hall–Kier alpha value is -2.07. The lowest BCUT2D eigenvalue weighted by molar-refractivity contribution is -0.141. The Bertz CT molecular complexity index is 674. The fourth-order valence-electron chi connectivity index (χ4n) is 1.38. The summed E-state index contributed by atoms with van der Waals surface area (Å²) in [6.45, 7) is 0.759. The van der Waals surface area contributed by atoms with Gasteiger partial charge in [0.2, 0.25) is 10.0 Å². The summed E-state index contributed by atoms with van der Waals surface area (Å²) in [5, 5.41) is 8.66. The largest absolute Gasteiger partial charge is 0.477 e. The van der Waals surface area contributed by atoms with Gasteiger partial charge >= 0.3 is 11.9 Å². The van der Waals surface area contributed by atoms with E-state index >= 15 is 0 Å². The number of carbonyl (C=O) groups is 2. The first kappa shape index (κ1) is 17.0. The molecule has 0 fully saturated rings. The van der Waals surface area contributed by atoms with Gasteiger partial charge in [-0.3, -0.25) is 4.79 Å². The van der Waals surface area contributed by atoms with E-state index in [9.17, 15) is 26.8 Å². The number of carboxylic acids is 1. The first-order valence-corrected chi connectivity index (χ1v) is 7.05. The van der Waals surface area contributed by atoms with Gasteiger partial charge in [0.25, 0.3) is 0 Å². The molecule has 0 saturated carbocycles. The molecule has 7 nitrogen and oxygen atoms in total. The average Bonchev–Trinajstić information content (AvgIpc) is 2.36. The molecule has 2 N–H and O–H groups in total. The third-order valence-corrected chi connectivity index (χ3v) is 3.69. The highest BCUT2D eigenvalue weighted by molar-refractivity contribution is 7.89. The zero-order valence-electron chi connectivity index (χ0n) is 10.7. The van der Waals surface area contributed by atoms with Gasteiger partial charge in [0.05, 0.1) is 6.61 Å². The molecular weight excluding hydrogens is 312 g/mol. The average molecular weight is 323 g/mol. The van der Waals surface area contributed by atoms with E-state index in [0.29, 0.717) is 12.1 Å². The number of hydrogen-bond acceptors (Lipinski definition) is 5. The van der Waals surface area contributed by atoms with Gasteiger partial charge in [-0.15, -0.1) is 0 Å². The quantitative estimate of drug-likeness (QED) is 0.738. The van der Waals surface area contributed by atoms with Crippen molar-refractivity contribution >= 4 is 22.0 Å². The van der Waals surface area contributed by atoms with Crippen LogP contribution in [-0.2, 0) is 19.6 Å². The van der Waals surface area contributed by atoms with Crippen molar-refractivity contribution < 1.29 is 36.6 Å². The minimum Gasteiger partial charge on any atom is -0.477 e. The van der Waals surface area contributed by atoms with Crippen LogP contribution in [0.15, 0.2) is 17.0 Å². The highest BCUT2D eigenvalue weighted by Crippen LogP contribution is 2.20. The smallest absolute Gasteiger partial charge is 0.341 e. The van der Waals surface area contributed by atoms with Crippen LogP contribution in [0, 0.1) is 11.6 Å². The predicted molar refractivity (Wildman–Crippen MR) is 65.1 cm³/mol. The minimum atomic E-state index is -4.53. The summed E-state index contributed by atoms with van der Waals surface area (Å²) < 4.78 is 56.7. The molecule has 1 aromatic rings. The molecular formula is C11H11F2NO6S. The Kier molecular flexibility index (Phi) is 5.33. The summed E-state index contributed by atoms with van der Waals surface area (Å²) in [5.74, 6) is -6.02. The maximum Gasteiger partial charge on any atom is 0.341 e. The Morgan fingerprint density at radius 3 is 2.48 bits per heavy atom. The van der Waals surface area contributed by atoms with Gasteiger partial charge in [-0.2, -0.15) is 4.72 Å². The molecule has 0 unspecified atom stereocenters. The van der Waals surface area contributed by atoms with Crippen molar-refractivity contribution in [1.82, 2.24) is 4.72 Å². The van der Waals surface area contributed by atoms with Crippen molar-refractivity contribution in [3.8, 4) is 0 Å². The van der Waals surface area contributed by atoms with E-state index in [-0.39, 0.29) is 6.61 Å². The summed E-state index contributed by atoms with van der Waals surface area (Å²) in [7, 11) is -4.53. The van der Waals surface area contributed by atoms with Gasteiger partial charge in [-0.25, -0.2) is 22.0 Å². The second kappa shape index (κ2) is 6.59. The lowest BCUT2D eigenvalue weighted by atomic mass is 10.2. The summed E-state index contributed by atoms with van der Waals surface area (Å²) in [6, 6.07) is 1.07. The molecule has 0 aliphatic carbocycles. The minimum absolute atomic E-state index is 0.0225. The zero-order valence-corrected chi connectivity index (χ0v) is 11.5. The van der Waals surface area contributed by atoms with Crippen molar-refractivity contribution in [2.45, 2.75) is 11.8 Å². The molecule has 116 valence electrons. The van der Waals surface area contributed by atoms with Crippen molar-refractivity contribution in [3.05, 3.63) is 29.3 Å². The Balaban J connectivity index is 3.13. The zero-order chi connectivity index (χ0) is 16.2. The van der Waals surface area contributed by atoms with E-state index in [1.54, 1.807) is 4.72 Å². The number of aromatic carboxylic acids is 1. The van der Waals surface area contributed by atoms with E-state index < -0.39 is 50.6 Å². The van der Waals surface area contributed by atoms with Crippen LogP contribution in [-0.4, -0.2) is 38.6 Å². The number of sulfonamides is 1. The highest BCUT2D eigenvalue weighted by Gasteiger charge is 2.27. The molecule has 0 aliphatic rings. The highest BCUT2D eigenvalue weighted by atomic mass is 32.2. The van der Waals surface area contributed by atoms with Gasteiger partial charge in [0.1, 0.15) is 22.8 Å². The molecule has 0 atom stereocenters. The second-order valence-corrected chi connectivity index (χ2v) is 5.40. The van der Waals surface area contributed by atoms with Crippen molar-refractivity contribution in [2.75, 3.05) is 13.2 Å². The van der Waals surface area contributed by atoms with Gasteiger partial charge in [0.15, 0.2) is 5.82 Å². The molecule has 0 saturated heterocycles. The van der Waals surface area contributed by atoms with Crippen molar-refractivity contribution in [2.24, 2.45) is 0 Å². The third kappa shape index (κ3) is 3.95. The van der Waals surface area contributed by atoms with Crippen LogP contribution in [0.3, 0.4) is 0 Å². The molecule has 0 heterocycles. The van der Waals surface area contributed by atoms with E-state index in [1.165, 1.54) is 6.92 Å². The molecule has 0 spiro atoms. The lowest BCUT2D eigenvalue weighted by Crippen LogP contribution is -2.31. The van der Waals surface area contributed by atoms with Gasteiger partial charge < -0.3 is 9.84 Å². The van der Waals surface area contributed by atoms with Gasteiger partial charge in [-0.1, -0.05) is 0 Å². The SMILES string of the molecule is CCOC(=O)CNS(=O)(=O)c1ccc(F)c(C(=O)O)c1F. The van der Waals surface area contributed by atoms with Crippen LogP contribution in [0.2, 0.25) is 0 Å². The fourth-order valence-corrected chi connectivity index (χ4v) is 2.43. The standard InChI is InChI=1S/C11H11F2NO6S/c1-2-20-8(15)5-14-21(18,19)7-4-3-6(12)9(10(7)13)11(16)17/h3-4,14H,2,5H2,1H3,(H,16,17). The van der Waals surface area contributed by atoms with Crippen LogP contribution < -0.4 is 4.72 Å². The maximum atomic E-state index is 13.8. The molecule has 0 amide bonds. The van der Waals surface area contributed by atoms with Crippen LogP contribution in [0.25, 0.3) is 0 Å². The van der Waals surface area contributed by atoms with E-state index in [2.05, 4.69) is 4.74 Å². The Morgan fingerprint density at radius 1 is 1.33 bits per heavy atom. The molecule has 0 bridgehead atoms. The summed E-state index contributed by atoms with van der Waals surface area (Å²) in [4.78, 5) is 20.7. The van der Waals surface area contributed by atoms with Crippen LogP contribution in [0.1, 0.15) is 17.3 Å². The second-order valence-electron chi connectivity index (χ2n) is 3.67. The molecule has 0 radical (unpaired) electrons. The number of nitrogens with one attached hydrogen (secondary N) is 1. The Morgan fingerprint density at radius 2 is 1.95 bits per heavy atom. The van der Waals surface area contributed by atoms with Crippen molar-refractivity contribution in [1.29, 1.82) is 0 Å². The predicted octanol–water partition coefficient (Wildman–Crippen LogP) is 0.504. The number of ether oxygens (including phenoxy) is 1. The van der Waals surface area contributed by atoms with E-state index in [4.69, 9.17) is 5.11 Å². The van der Waals surface area contributed by atoms with Crippen LogP contribution >= 0.6 is 0 Å². The maximum absolute atomic E-state index is 13.8. The monoisotopic (exact) mass is 323 g/mol. The van der Waals surface area contributed by atoms with Gasteiger partial charge in [-0.05, 0) is 19.1 Å². The van der Waals surface area contributed by atoms with Crippen LogP contribution in [0.4, 0.5) is 8.78 Å². The normalized spacial score (nSPS) is 11.2. The molecule has 21 heavy (non-hydrogen) atoms. The Labute approximate surface area is 118 Å². The van der Waals surface area contributed by atoms with Crippen molar-refractivity contribution in [3.63, 3.8) is 0 Å². The topological polar surface area (TPSA) is 110 Å². The molecule has 0 aromatic heterocycles. The number of rotatable bonds is 6. The lowest BCUT2D eigenvalue weighted by Gasteiger charge is -2.09. The first-order chi connectivity index (χ1) is 9.70. The first-order valence-electron chi connectivity index (χ1n) is 5.57. The van der Waals surface area contributed by atoms with Crippen LogP contribution in [0.5, 0.6) is 0 Å². The number of benzene rings is 1. The number of esters is 1. The number of carboxylic acid groups (broad SMARTS) is 1. The van der Waals surface area contributed by atoms with Gasteiger partial charge in [0, 0.05) is 0 Å². The van der Waals surface area contributed by atoms with E-state index in [0.717, 1.165) is 0 Å². The van der Waals surface area contributed by atoms with E-state index in [1.807, 2.05) is 0 Å².